The maximum Gasteiger partial charge on any atom is 0.231 e. The summed E-state index contributed by atoms with van der Waals surface area (Å²) in [6.45, 7) is 0.860. The lowest BCUT2D eigenvalue weighted by Crippen LogP contribution is -2.03. The largest absolute Gasteiger partial charge is 0.454 e. The molecule has 100 valence electrons. The van der Waals surface area contributed by atoms with Crippen LogP contribution in [0.15, 0.2) is 36.4 Å². The molecule has 20 heavy (non-hydrogen) atoms. The molecule has 0 saturated heterocycles. The molecule has 0 spiro atoms. The number of para-hydroxylation sites is 1. The van der Waals surface area contributed by atoms with Gasteiger partial charge in [-0.15, -0.1) is 0 Å². The summed E-state index contributed by atoms with van der Waals surface area (Å²) in [5.74, 6) is 1.52. The molecule has 1 heterocycles. The number of nitrogens with two attached hydrogens (primary N) is 1. The molecule has 3 N–H and O–H groups in total. The van der Waals surface area contributed by atoms with Crippen LogP contribution >= 0.6 is 0 Å². The topological polar surface area (TPSA) is 80.3 Å². The van der Waals surface area contributed by atoms with E-state index >= 15 is 0 Å². The van der Waals surface area contributed by atoms with Crippen LogP contribution in [0.1, 0.15) is 11.1 Å². The first-order valence-electron chi connectivity index (χ1n) is 6.19. The highest BCUT2D eigenvalue weighted by molar-refractivity contribution is 5.72. The predicted molar refractivity (Wildman–Crippen MR) is 75.5 cm³/mol. The van der Waals surface area contributed by atoms with Gasteiger partial charge >= 0.3 is 0 Å². The van der Waals surface area contributed by atoms with Crippen LogP contribution in [-0.2, 0) is 6.54 Å². The molecule has 2 aromatic carbocycles. The third-order valence-electron chi connectivity index (χ3n) is 3.15. The first-order chi connectivity index (χ1) is 9.78. The number of nitriles is 1. The van der Waals surface area contributed by atoms with Gasteiger partial charge in [0, 0.05) is 6.54 Å². The van der Waals surface area contributed by atoms with Crippen molar-refractivity contribution in [1.29, 1.82) is 5.26 Å². The van der Waals surface area contributed by atoms with E-state index in [9.17, 15) is 0 Å². The molecule has 0 aliphatic carbocycles. The Morgan fingerprint density at radius 2 is 2.05 bits per heavy atom. The van der Waals surface area contributed by atoms with Crippen LogP contribution in [0.4, 0.5) is 11.4 Å². The third kappa shape index (κ3) is 2.19. The molecule has 2 aromatic rings. The van der Waals surface area contributed by atoms with E-state index < -0.39 is 0 Å². The Morgan fingerprint density at radius 1 is 1.20 bits per heavy atom. The Kier molecular flexibility index (Phi) is 3.05. The smallest absolute Gasteiger partial charge is 0.231 e. The molecular formula is C15H13N3O2. The maximum absolute atomic E-state index is 8.95. The average molecular weight is 267 g/mol. The fourth-order valence-electron chi connectivity index (χ4n) is 2.07. The van der Waals surface area contributed by atoms with Crippen molar-refractivity contribution in [2.24, 2.45) is 0 Å². The van der Waals surface area contributed by atoms with Crippen LogP contribution in [0, 0.1) is 11.3 Å². The Hall–Kier alpha value is -2.87. The van der Waals surface area contributed by atoms with Crippen molar-refractivity contribution in [2.75, 3.05) is 17.8 Å². The number of fused-ring (bicyclic) bond motifs is 1. The fourth-order valence-corrected chi connectivity index (χ4v) is 2.07. The number of hydrogen-bond donors (Lipinski definition) is 2. The van der Waals surface area contributed by atoms with Gasteiger partial charge in [0.2, 0.25) is 6.79 Å². The first-order valence-corrected chi connectivity index (χ1v) is 6.19. The maximum atomic E-state index is 8.95. The number of anilines is 2. The third-order valence-corrected chi connectivity index (χ3v) is 3.15. The molecule has 0 unspecified atom stereocenters. The van der Waals surface area contributed by atoms with Crippen LogP contribution in [0.5, 0.6) is 11.5 Å². The minimum Gasteiger partial charge on any atom is -0.454 e. The zero-order chi connectivity index (χ0) is 13.9. The molecule has 5 nitrogen and oxygen atoms in total. The molecule has 3 rings (SSSR count). The molecule has 5 heteroatoms. The van der Waals surface area contributed by atoms with E-state index in [0.29, 0.717) is 17.8 Å². The van der Waals surface area contributed by atoms with Gasteiger partial charge in [-0.05, 0) is 29.8 Å². The summed E-state index contributed by atoms with van der Waals surface area (Å²) in [4.78, 5) is 0. The van der Waals surface area contributed by atoms with Gasteiger partial charge < -0.3 is 20.5 Å². The number of nitrogens with one attached hydrogen (secondary N) is 1. The lowest BCUT2D eigenvalue weighted by molar-refractivity contribution is 0.174. The van der Waals surface area contributed by atoms with E-state index in [0.717, 1.165) is 22.7 Å². The first kappa shape index (κ1) is 12.2. The summed E-state index contributed by atoms with van der Waals surface area (Å²) in [5.41, 5.74) is 8.66. The normalized spacial score (nSPS) is 11.9. The molecular weight excluding hydrogens is 254 g/mol. The number of rotatable bonds is 3. The van der Waals surface area contributed by atoms with Gasteiger partial charge in [0.15, 0.2) is 11.5 Å². The molecule has 0 fully saturated rings. The molecule has 1 aliphatic heterocycles. The van der Waals surface area contributed by atoms with Gasteiger partial charge in [-0.25, -0.2) is 0 Å². The predicted octanol–water partition coefficient (Wildman–Crippen LogP) is 2.48. The van der Waals surface area contributed by atoms with Gasteiger partial charge in [0.05, 0.1) is 16.9 Å². The molecule has 0 saturated carbocycles. The fraction of sp³-hybridized carbons (Fsp3) is 0.133. The number of hydrogen-bond acceptors (Lipinski definition) is 5. The Morgan fingerprint density at radius 3 is 2.90 bits per heavy atom. The van der Waals surface area contributed by atoms with Crippen LogP contribution in [0.3, 0.4) is 0 Å². The number of ether oxygens (including phenoxy) is 2. The van der Waals surface area contributed by atoms with Crippen LogP contribution in [0.2, 0.25) is 0 Å². The van der Waals surface area contributed by atoms with Crippen LogP contribution < -0.4 is 20.5 Å². The lowest BCUT2D eigenvalue weighted by Gasteiger charge is -2.10. The Labute approximate surface area is 116 Å². The standard InChI is InChI=1S/C15H13N3O2/c16-7-11-2-1-3-12(15(11)17)18-8-10-4-5-13-14(6-10)20-9-19-13/h1-6,18H,8-9,17H2. The van der Waals surface area contributed by atoms with E-state index in [1.807, 2.05) is 24.3 Å². The highest BCUT2D eigenvalue weighted by atomic mass is 16.7. The highest BCUT2D eigenvalue weighted by Gasteiger charge is 2.13. The molecule has 0 radical (unpaired) electrons. The number of benzene rings is 2. The second-order valence-corrected chi connectivity index (χ2v) is 4.42. The van der Waals surface area contributed by atoms with Crippen LogP contribution in [-0.4, -0.2) is 6.79 Å². The van der Waals surface area contributed by atoms with Crippen molar-refractivity contribution in [3.8, 4) is 17.6 Å². The van der Waals surface area contributed by atoms with E-state index in [2.05, 4.69) is 11.4 Å². The van der Waals surface area contributed by atoms with Crippen molar-refractivity contribution in [3.05, 3.63) is 47.5 Å². The average Bonchev–Trinajstić information content (AvgIpc) is 2.93. The van der Waals surface area contributed by atoms with Crippen molar-refractivity contribution in [2.45, 2.75) is 6.54 Å². The van der Waals surface area contributed by atoms with E-state index in [-0.39, 0.29) is 6.79 Å². The zero-order valence-corrected chi connectivity index (χ0v) is 10.7. The van der Waals surface area contributed by atoms with Gasteiger partial charge in [-0.3, -0.25) is 0 Å². The van der Waals surface area contributed by atoms with Crippen molar-refractivity contribution >= 4 is 11.4 Å². The lowest BCUT2D eigenvalue weighted by atomic mass is 10.1. The second kappa shape index (κ2) is 5.02. The summed E-state index contributed by atoms with van der Waals surface area (Å²) in [5, 5.41) is 12.2. The van der Waals surface area contributed by atoms with Crippen LogP contribution in [0.25, 0.3) is 0 Å². The van der Waals surface area contributed by atoms with Gasteiger partial charge in [-0.2, -0.15) is 5.26 Å². The molecule has 0 atom stereocenters. The van der Waals surface area contributed by atoms with Gasteiger partial charge in [-0.1, -0.05) is 12.1 Å². The van der Waals surface area contributed by atoms with Crippen molar-refractivity contribution < 1.29 is 9.47 Å². The molecule has 1 aliphatic rings. The van der Waals surface area contributed by atoms with E-state index in [1.165, 1.54) is 0 Å². The zero-order valence-electron chi connectivity index (χ0n) is 10.7. The summed E-state index contributed by atoms with van der Waals surface area (Å²) < 4.78 is 10.6. The summed E-state index contributed by atoms with van der Waals surface area (Å²) >= 11 is 0. The van der Waals surface area contributed by atoms with E-state index in [1.54, 1.807) is 12.1 Å². The number of nitrogens with zero attached hydrogens (tertiary/aromatic N) is 1. The molecule has 0 bridgehead atoms. The second-order valence-electron chi connectivity index (χ2n) is 4.42. The summed E-state index contributed by atoms with van der Waals surface area (Å²) in [6, 6.07) is 13.2. The molecule has 0 aromatic heterocycles. The highest BCUT2D eigenvalue weighted by Crippen LogP contribution is 2.33. The van der Waals surface area contributed by atoms with Gasteiger partial charge in [0.25, 0.3) is 0 Å². The quantitative estimate of drug-likeness (QED) is 0.835. The SMILES string of the molecule is N#Cc1cccc(NCc2ccc3c(c2)OCO3)c1N. The Bertz CT molecular complexity index is 692. The summed E-state index contributed by atoms with van der Waals surface area (Å²) in [6.07, 6.45) is 0. The molecule has 0 amide bonds. The van der Waals surface area contributed by atoms with Crippen molar-refractivity contribution in [1.82, 2.24) is 0 Å². The van der Waals surface area contributed by atoms with Gasteiger partial charge in [0.1, 0.15) is 6.07 Å². The van der Waals surface area contributed by atoms with Crippen molar-refractivity contribution in [3.63, 3.8) is 0 Å². The van der Waals surface area contributed by atoms with E-state index in [4.69, 9.17) is 20.5 Å². The minimum atomic E-state index is 0.267. The monoisotopic (exact) mass is 267 g/mol. The minimum absolute atomic E-state index is 0.267. The Balaban J connectivity index is 1.76. The summed E-state index contributed by atoms with van der Waals surface area (Å²) in [7, 11) is 0. The number of nitrogen functional groups attached to an aromatic ring is 1.